The van der Waals surface area contributed by atoms with Gasteiger partial charge in [-0.05, 0) is 45.1 Å². The van der Waals surface area contributed by atoms with Crippen molar-refractivity contribution in [2.45, 2.75) is 51.1 Å². The molecule has 0 radical (unpaired) electrons. The Morgan fingerprint density at radius 1 is 1.11 bits per heavy atom. The van der Waals surface area contributed by atoms with Crippen LogP contribution < -0.4 is 0 Å². The fourth-order valence-corrected chi connectivity index (χ4v) is 3.95. The molecular weight excluding hydrogens is 224 g/mol. The van der Waals surface area contributed by atoms with Gasteiger partial charge in [-0.25, -0.2) is 0 Å². The highest BCUT2D eigenvalue weighted by atomic mass is 16.5. The molecule has 104 valence electrons. The lowest BCUT2D eigenvalue weighted by molar-refractivity contribution is -0.0151. The first-order chi connectivity index (χ1) is 8.83. The monoisotopic (exact) mass is 252 g/mol. The fraction of sp³-hybridized carbons (Fsp3) is 1.00. The number of piperazine rings is 1. The largest absolute Gasteiger partial charge is 0.381 e. The number of piperidine rings is 1. The summed E-state index contributed by atoms with van der Waals surface area (Å²) >= 11 is 0. The summed E-state index contributed by atoms with van der Waals surface area (Å²) in [6.07, 6.45) is 6.92. The zero-order valence-electron chi connectivity index (χ0n) is 11.8. The quantitative estimate of drug-likeness (QED) is 0.747. The van der Waals surface area contributed by atoms with Crippen molar-refractivity contribution in [1.82, 2.24) is 9.80 Å². The van der Waals surface area contributed by atoms with Crippen molar-refractivity contribution >= 4 is 0 Å². The maximum absolute atomic E-state index is 5.63. The Bertz CT molecular complexity index is 263. The zero-order valence-corrected chi connectivity index (χ0v) is 11.8. The van der Waals surface area contributed by atoms with E-state index in [-0.39, 0.29) is 0 Å². The van der Waals surface area contributed by atoms with Crippen LogP contribution in [-0.4, -0.2) is 61.3 Å². The van der Waals surface area contributed by atoms with E-state index < -0.39 is 0 Å². The Labute approximate surface area is 111 Å². The summed E-state index contributed by atoms with van der Waals surface area (Å²) in [5.41, 5.74) is 0. The maximum Gasteiger partial charge on any atom is 0.0506 e. The predicted octanol–water partition coefficient (Wildman–Crippen LogP) is 1.97. The van der Waals surface area contributed by atoms with Gasteiger partial charge in [-0.3, -0.25) is 9.80 Å². The molecule has 3 saturated heterocycles. The van der Waals surface area contributed by atoms with E-state index in [1.807, 2.05) is 0 Å². The molecule has 0 aromatic rings. The lowest BCUT2D eigenvalue weighted by Gasteiger charge is -2.48. The summed E-state index contributed by atoms with van der Waals surface area (Å²) < 4.78 is 5.63. The Kier molecular flexibility index (Phi) is 4.22. The average Bonchev–Trinajstić information content (AvgIpc) is 2.41. The molecule has 0 bridgehead atoms. The highest BCUT2D eigenvalue weighted by Gasteiger charge is 2.33. The van der Waals surface area contributed by atoms with Crippen molar-refractivity contribution < 1.29 is 4.74 Å². The van der Waals surface area contributed by atoms with E-state index in [2.05, 4.69) is 16.7 Å². The van der Waals surface area contributed by atoms with Crippen molar-refractivity contribution in [2.24, 2.45) is 5.92 Å². The minimum atomic E-state index is 0.737. The van der Waals surface area contributed by atoms with Gasteiger partial charge in [0.1, 0.15) is 0 Å². The van der Waals surface area contributed by atoms with Gasteiger partial charge in [0.05, 0.1) is 6.61 Å². The van der Waals surface area contributed by atoms with Crippen molar-refractivity contribution in [3.8, 4) is 0 Å². The molecule has 3 nitrogen and oxygen atoms in total. The molecule has 0 spiro atoms. The molecule has 3 unspecified atom stereocenters. The molecule has 0 aromatic carbocycles. The molecule has 0 N–H and O–H groups in total. The van der Waals surface area contributed by atoms with Crippen LogP contribution in [0, 0.1) is 5.92 Å². The van der Waals surface area contributed by atoms with Crippen LogP contribution in [0.1, 0.15) is 39.0 Å². The minimum absolute atomic E-state index is 0.737. The number of nitrogens with zero attached hydrogens (tertiary/aromatic N) is 2. The van der Waals surface area contributed by atoms with E-state index in [4.69, 9.17) is 4.74 Å². The van der Waals surface area contributed by atoms with E-state index in [1.54, 1.807) is 0 Å². The summed E-state index contributed by atoms with van der Waals surface area (Å²) in [6.45, 7) is 9.60. The van der Waals surface area contributed by atoms with Crippen LogP contribution in [0.5, 0.6) is 0 Å². The van der Waals surface area contributed by atoms with Crippen molar-refractivity contribution in [3.05, 3.63) is 0 Å². The zero-order chi connectivity index (χ0) is 12.4. The summed E-state index contributed by atoms with van der Waals surface area (Å²) in [5.74, 6) is 0.788. The normalized spacial score (nSPS) is 39.5. The van der Waals surface area contributed by atoms with Gasteiger partial charge >= 0.3 is 0 Å². The SMILES string of the molecule is CC1CN2CCCCC2CN1CC1CCCOC1. The molecule has 3 aliphatic heterocycles. The molecule has 3 heterocycles. The summed E-state index contributed by atoms with van der Waals surface area (Å²) in [5, 5.41) is 0. The average molecular weight is 252 g/mol. The maximum atomic E-state index is 5.63. The first-order valence-corrected chi connectivity index (χ1v) is 7.89. The molecule has 0 aromatic heterocycles. The third-order valence-electron chi connectivity index (χ3n) is 5.06. The van der Waals surface area contributed by atoms with E-state index in [1.165, 1.54) is 58.3 Å². The molecule has 3 fully saturated rings. The van der Waals surface area contributed by atoms with E-state index in [9.17, 15) is 0 Å². The lowest BCUT2D eigenvalue weighted by Crippen LogP contribution is -2.59. The molecule has 0 amide bonds. The molecule has 3 rings (SSSR count). The second kappa shape index (κ2) is 5.89. The van der Waals surface area contributed by atoms with E-state index in [0.29, 0.717) is 0 Å². The smallest absolute Gasteiger partial charge is 0.0506 e. The summed E-state index contributed by atoms with van der Waals surface area (Å²) in [7, 11) is 0. The third-order valence-corrected chi connectivity index (χ3v) is 5.06. The second-order valence-corrected chi connectivity index (χ2v) is 6.53. The standard InChI is InChI=1S/C15H28N2O/c1-13-9-16-7-3-2-6-15(16)11-17(13)10-14-5-4-8-18-12-14/h13-15H,2-12H2,1H3. The highest BCUT2D eigenvalue weighted by molar-refractivity contribution is 4.89. The van der Waals surface area contributed by atoms with Crippen molar-refractivity contribution in [3.63, 3.8) is 0 Å². The molecule has 18 heavy (non-hydrogen) atoms. The Morgan fingerprint density at radius 3 is 2.89 bits per heavy atom. The van der Waals surface area contributed by atoms with Crippen LogP contribution in [0.3, 0.4) is 0 Å². The van der Waals surface area contributed by atoms with Gasteiger partial charge in [0, 0.05) is 38.3 Å². The highest BCUT2D eigenvalue weighted by Crippen LogP contribution is 2.25. The van der Waals surface area contributed by atoms with Gasteiger partial charge in [0.25, 0.3) is 0 Å². The minimum Gasteiger partial charge on any atom is -0.381 e. The number of hydrogen-bond donors (Lipinski definition) is 0. The molecule has 0 saturated carbocycles. The van der Waals surface area contributed by atoms with Gasteiger partial charge in [0.15, 0.2) is 0 Å². The molecular formula is C15H28N2O. The number of rotatable bonds is 2. The first-order valence-electron chi connectivity index (χ1n) is 7.89. The second-order valence-electron chi connectivity index (χ2n) is 6.53. The Morgan fingerprint density at radius 2 is 2.06 bits per heavy atom. The van der Waals surface area contributed by atoms with Crippen LogP contribution in [-0.2, 0) is 4.74 Å². The van der Waals surface area contributed by atoms with E-state index in [0.717, 1.165) is 31.2 Å². The number of fused-ring (bicyclic) bond motifs is 1. The fourth-order valence-electron chi connectivity index (χ4n) is 3.95. The first kappa shape index (κ1) is 12.9. The van der Waals surface area contributed by atoms with Crippen molar-refractivity contribution in [1.29, 1.82) is 0 Å². The number of hydrogen-bond acceptors (Lipinski definition) is 3. The van der Waals surface area contributed by atoms with Gasteiger partial charge < -0.3 is 4.74 Å². The Hall–Kier alpha value is -0.120. The van der Waals surface area contributed by atoms with Crippen LogP contribution in [0.2, 0.25) is 0 Å². The topological polar surface area (TPSA) is 15.7 Å². The Balaban J connectivity index is 1.54. The number of ether oxygens (including phenoxy) is 1. The van der Waals surface area contributed by atoms with Crippen molar-refractivity contribution in [2.75, 3.05) is 39.4 Å². The van der Waals surface area contributed by atoms with Crippen LogP contribution in [0.4, 0.5) is 0 Å². The predicted molar refractivity (Wildman–Crippen MR) is 73.8 cm³/mol. The molecule has 0 aliphatic carbocycles. The van der Waals surface area contributed by atoms with Crippen LogP contribution in [0.25, 0.3) is 0 Å². The summed E-state index contributed by atoms with van der Waals surface area (Å²) in [6, 6.07) is 1.58. The van der Waals surface area contributed by atoms with E-state index >= 15 is 0 Å². The molecule has 3 atom stereocenters. The molecule has 3 aliphatic rings. The lowest BCUT2D eigenvalue weighted by atomic mass is 9.95. The van der Waals surface area contributed by atoms with Crippen LogP contribution in [0.15, 0.2) is 0 Å². The van der Waals surface area contributed by atoms with Gasteiger partial charge in [-0.1, -0.05) is 6.42 Å². The third kappa shape index (κ3) is 2.89. The molecule has 3 heteroatoms. The van der Waals surface area contributed by atoms with Gasteiger partial charge in [0.2, 0.25) is 0 Å². The van der Waals surface area contributed by atoms with Gasteiger partial charge in [-0.15, -0.1) is 0 Å². The van der Waals surface area contributed by atoms with Crippen LogP contribution >= 0.6 is 0 Å². The summed E-state index contributed by atoms with van der Waals surface area (Å²) in [4.78, 5) is 5.48. The van der Waals surface area contributed by atoms with Gasteiger partial charge in [-0.2, -0.15) is 0 Å².